The third-order valence-corrected chi connectivity index (χ3v) is 21.4. The molecule has 1 atom stereocenters. The molecule has 0 aliphatic carbocycles. The zero-order valence-corrected chi connectivity index (χ0v) is 20.2. The number of carbonyl (C=O) groups excluding carboxylic acids is 1. The minimum absolute atomic E-state index is 0. The summed E-state index contributed by atoms with van der Waals surface area (Å²) < 4.78 is 10.9. The molecule has 0 radical (unpaired) electrons. The second kappa shape index (κ2) is 14.6. The zero-order chi connectivity index (χ0) is 13.8. The fraction of sp³-hybridized carbons (Fsp3) is 0.923. The molecule has 114 valence electrons. The first-order valence-corrected chi connectivity index (χ1v) is 17.3. The fourth-order valence-electron chi connectivity index (χ4n) is 2.46. The number of ether oxygens (including phenoxy) is 1. The molecule has 1 heterocycles. The predicted octanol–water partition coefficient (Wildman–Crippen LogP) is 1.76. The van der Waals surface area contributed by atoms with E-state index < -0.39 is 8.31 Å². The molecule has 0 aromatic carbocycles. The van der Waals surface area contributed by atoms with Crippen LogP contribution in [0.25, 0.3) is 0 Å². The van der Waals surface area contributed by atoms with Crippen molar-refractivity contribution in [2.45, 2.75) is 64.3 Å². The van der Waals surface area contributed by atoms with Crippen molar-refractivity contribution in [3.05, 3.63) is 0 Å². The molecule has 1 rings (SSSR count). The summed E-state index contributed by atoms with van der Waals surface area (Å²) in [5.41, 5.74) is 0.227. The van der Waals surface area contributed by atoms with Gasteiger partial charge in [-0.3, -0.25) is 4.79 Å². The molecule has 1 aliphatic rings. The van der Waals surface area contributed by atoms with E-state index >= 15 is 0 Å². The molecule has 7 heteroatoms. The standard InChI is InChI=1S/C13H30O3Si3.Zn/c1-2-3-4-5-6-7-8-9-10-15-13(14)19-12-11-16-17-18-19;/h19H,2-12,17-18H2,1H3;. The molecular weight excluding hydrogens is 354 g/mol. The van der Waals surface area contributed by atoms with Gasteiger partial charge in [0.2, 0.25) is 0 Å². The maximum absolute atomic E-state index is 11.8. The third-order valence-electron chi connectivity index (χ3n) is 3.80. The van der Waals surface area contributed by atoms with E-state index in [0.29, 0.717) is 6.61 Å². The van der Waals surface area contributed by atoms with Crippen molar-refractivity contribution in [2.24, 2.45) is 0 Å². The molecule has 20 heavy (non-hydrogen) atoms. The summed E-state index contributed by atoms with van der Waals surface area (Å²) in [5, 5.41) is 0. The SMILES string of the molecule is CCCCCCCCCCOC(=O)[SiH]1CCO[SiH2][SiH2]1.[Zn]. The Bertz CT molecular complexity index is 239. The minimum atomic E-state index is -1.08. The van der Waals surface area contributed by atoms with Gasteiger partial charge in [0, 0.05) is 34.6 Å². The molecular formula is C13H30O3Si3Zn. The zero-order valence-electron chi connectivity index (χ0n) is 13.2. The Morgan fingerprint density at radius 3 is 2.40 bits per heavy atom. The first-order valence-electron chi connectivity index (χ1n) is 8.09. The van der Waals surface area contributed by atoms with E-state index in [1.807, 2.05) is 0 Å². The van der Waals surface area contributed by atoms with Crippen molar-refractivity contribution < 1.29 is 33.4 Å². The number of hydrogen-bond donors (Lipinski definition) is 0. The van der Waals surface area contributed by atoms with Crippen molar-refractivity contribution in [3.63, 3.8) is 0 Å². The Hall–Kier alpha value is 0.704. The van der Waals surface area contributed by atoms with E-state index in [0.717, 1.165) is 19.1 Å². The van der Waals surface area contributed by atoms with Gasteiger partial charge in [-0.2, -0.15) is 0 Å². The van der Waals surface area contributed by atoms with E-state index in [-0.39, 0.29) is 42.9 Å². The molecule has 0 bridgehead atoms. The minimum Gasteiger partial charge on any atom is -0.471 e. The van der Waals surface area contributed by atoms with Gasteiger partial charge in [0.05, 0.1) is 6.61 Å². The Morgan fingerprint density at radius 1 is 1.15 bits per heavy atom. The van der Waals surface area contributed by atoms with Crippen molar-refractivity contribution >= 4 is 31.7 Å². The maximum atomic E-state index is 11.8. The molecule has 1 saturated heterocycles. The first-order chi connectivity index (χ1) is 9.34. The molecule has 0 amide bonds. The molecule has 0 aromatic rings. The third kappa shape index (κ3) is 10.4. The van der Waals surface area contributed by atoms with E-state index in [2.05, 4.69) is 6.92 Å². The molecule has 1 unspecified atom stereocenters. The van der Waals surface area contributed by atoms with Crippen molar-refractivity contribution in [1.29, 1.82) is 0 Å². The first kappa shape index (κ1) is 20.7. The monoisotopic (exact) mass is 382 g/mol. The van der Waals surface area contributed by atoms with Crippen LogP contribution in [0.3, 0.4) is 0 Å². The second-order valence-electron chi connectivity index (χ2n) is 5.53. The van der Waals surface area contributed by atoms with Crippen LogP contribution >= 0.6 is 0 Å². The van der Waals surface area contributed by atoms with Crippen LogP contribution in [0.15, 0.2) is 0 Å². The normalized spacial score (nSPS) is 20.8. The number of rotatable bonds is 10. The maximum Gasteiger partial charge on any atom is 0.264 e. The summed E-state index contributed by atoms with van der Waals surface area (Å²) in [6.07, 6.45) is 10.4. The number of unbranched alkanes of at least 4 members (excludes halogenated alkanes) is 7. The largest absolute Gasteiger partial charge is 0.471 e. The molecule has 0 N–H and O–H groups in total. The van der Waals surface area contributed by atoms with Crippen LogP contribution in [0.1, 0.15) is 58.3 Å². The summed E-state index contributed by atoms with van der Waals surface area (Å²) in [4.78, 5) is 11.8. The molecule has 3 nitrogen and oxygen atoms in total. The van der Waals surface area contributed by atoms with E-state index in [1.54, 1.807) is 0 Å². The molecule has 0 aromatic heterocycles. The summed E-state index contributed by atoms with van der Waals surface area (Å²) >= 11 is 0. The van der Waals surface area contributed by atoms with Gasteiger partial charge in [-0.1, -0.05) is 51.9 Å². The van der Waals surface area contributed by atoms with Gasteiger partial charge in [-0.15, -0.1) is 0 Å². The van der Waals surface area contributed by atoms with Gasteiger partial charge in [-0.25, -0.2) is 0 Å². The van der Waals surface area contributed by atoms with Crippen LogP contribution in [0.5, 0.6) is 0 Å². The average molecular weight is 384 g/mol. The Balaban J connectivity index is 0.00000361. The molecule has 1 aliphatic heterocycles. The number of carbonyl (C=O) groups is 1. The van der Waals surface area contributed by atoms with Crippen LogP contribution in [0.2, 0.25) is 6.04 Å². The summed E-state index contributed by atoms with van der Waals surface area (Å²) in [7, 11) is -1.41. The van der Waals surface area contributed by atoms with Gasteiger partial charge >= 0.3 is 0 Å². The van der Waals surface area contributed by atoms with Crippen LogP contribution in [0, 0.1) is 0 Å². The van der Waals surface area contributed by atoms with E-state index in [1.165, 1.54) is 44.9 Å². The molecule has 0 saturated carbocycles. The predicted molar refractivity (Wildman–Crippen MR) is 89.0 cm³/mol. The summed E-state index contributed by atoms with van der Waals surface area (Å²) in [6, 6.07) is 1.06. The van der Waals surface area contributed by atoms with Gasteiger partial charge < -0.3 is 9.16 Å². The summed E-state index contributed by atoms with van der Waals surface area (Å²) in [5.74, 6) is 0. The fourth-order valence-corrected chi connectivity index (χ4v) is 18.4. The topological polar surface area (TPSA) is 35.5 Å². The van der Waals surface area contributed by atoms with Crippen LogP contribution in [-0.4, -0.2) is 45.0 Å². The van der Waals surface area contributed by atoms with Crippen LogP contribution in [-0.2, 0) is 28.6 Å². The molecule has 0 spiro atoms. The Kier molecular flexibility index (Phi) is 15.1. The van der Waals surface area contributed by atoms with Gasteiger partial charge in [0.1, 0.15) is 9.28 Å². The van der Waals surface area contributed by atoms with Crippen molar-refractivity contribution in [1.82, 2.24) is 0 Å². The Morgan fingerprint density at radius 2 is 1.80 bits per heavy atom. The van der Waals surface area contributed by atoms with Gasteiger partial charge in [-0.05, 0) is 12.5 Å². The van der Waals surface area contributed by atoms with Gasteiger partial charge in [0.25, 0.3) is 5.59 Å². The number of hydrogen-bond acceptors (Lipinski definition) is 3. The summed E-state index contributed by atoms with van der Waals surface area (Å²) in [6.45, 7) is 3.79. The van der Waals surface area contributed by atoms with Gasteiger partial charge in [0.15, 0.2) is 8.31 Å². The van der Waals surface area contributed by atoms with E-state index in [4.69, 9.17) is 9.16 Å². The van der Waals surface area contributed by atoms with E-state index in [9.17, 15) is 4.79 Å². The van der Waals surface area contributed by atoms with Crippen LogP contribution in [0.4, 0.5) is 4.79 Å². The van der Waals surface area contributed by atoms with Crippen molar-refractivity contribution in [3.8, 4) is 0 Å². The van der Waals surface area contributed by atoms with Crippen molar-refractivity contribution in [2.75, 3.05) is 13.2 Å². The molecule has 1 fully saturated rings. The second-order valence-corrected chi connectivity index (χ2v) is 20.5. The quantitative estimate of drug-likeness (QED) is 0.426. The smallest absolute Gasteiger partial charge is 0.264 e. The Labute approximate surface area is 142 Å². The van der Waals surface area contributed by atoms with Crippen LogP contribution < -0.4 is 0 Å². The average Bonchev–Trinajstić information content (AvgIpc) is 2.46.